The highest BCUT2D eigenvalue weighted by atomic mass is 32.2. The molecule has 4 rings (SSSR count). The van der Waals surface area contributed by atoms with Crippen molar-refractivity contribution in [2.24, 2.45) is 0 Å². The standard InChI is InChI=1S/C19H16N5OS/c1-4-10-16(11-5-1)23-19(21-25-26-18-14-8-3-9-15-18)20-24(22-23)17-12-6-2-7-13-17/h1-15H,(H,20,21,22)/q+1. The SMILES string of the molecule is c1ccc(SONc2nn(-c3ccccc3)n[n+]2-c2ccccc2)cc1. The van der Waals surface area contributed by atoms with Gasteiger partial charge >= 0.3 is 5.95 Å². The van der Waals surface area contributed by atoms with Crippen molar-refractivity contribution < 1.29 is 8.97 Å². The molecule has 1 heterocycles. The number of anilines is 1. The molecule has 0 atom stereocenters. The first-order valence-electron chi connectivity index (χ1n) is 8.05. The number of benzene rings is 3. The molecule has 0 saturated carbocycles. The number of nitrogens with one attached hydrogen (secondary N) is 1. The van der Waals surface area contributed by atoms with E-state index < -0.39 is 0 Å². The summed E-state index contributed by atoms with van der Waals surface area (Å²) in [6.45, 7) is 0. The van der Waals surface area contributed by atoms with Crippen molar-refractivity contribution in [3.63, 3.8) is 0 Å². The monoisotopic (exact) mass is 362 g/mol. The first kappa shape index (κ1) is 16.3. The predicted molar refractivity (Wildman–Crippen MR) is 99.9 cm³/mol. The number of hydrogen-bond donors (Lipinski definition) is 1. The number of nitrogens with zero attached hydrogens (tertiary/aromatic N) is 4. The van der Waals surface area contributed by atoms with Crippen LogP contribution < -0.4 is 10.2 Å². The fraction of sp³-hybridized carbons (Fsp3) is 0. The van der Waals surface area contributed by atoms with Gasteiger partial charge in [-0.1, -0.05) is 59.3 Å². The van der Waals surface area contributed by atoms with Gasteiger partial charge in [-0.05, 0) is 41.2 Å². The second-order valence-electron chi connectivity index (χ2n) is 5.37. The van der Waals surface area contributed by atoms with Crippen molar-refractivity contribution in [3.05, 3.63) is 91.0 Å². The number of tetrazole rings is 1. The van der Waals surface area contributed by atoms with Crippen molar-refractivity contribution >= 4 is 18.0 Å². The highest BCUT2D eigenvalue weighted by Crippen LogP contribution is 2.18. The summed E-state index contributed by atoms with van der Waals surface area (Å²) in [4.78, 5) is 2.55. The lowest BCUT2D eigenvalue weighted by Crippen LogP contribution is -2.36. The van der Waals surface area contributed by atoms with E-state index in [1.165, 1.54) is 12.0 Å². The second kappa shape index (κ2) is 7.81. The van der Waals surface area contributed by atoms with Crippen molar-refractivity contribution in [3.8, 4) is 11.4 Å². The molecular weight excluding hydrogens is 346 g/mol. The molecule has 0 bridgehead atoms. The molecule has 128 valence electrons. The van der Waals surface area contributed by atoms with E-state index in [0.717, 1.165) is 16.3 Å². The first-order valence-corrected chi connectivity index (χ1v) is 8.79. The molecule has 0 aliphatic carbocycles. The van der Waals surface area contributed by atoms with Crippen molar-refractivity contribution in [1.29, 1.82) is 0 Å². The molecule has 0 amide bonds. The zero-order chi connectivity index (χ0) is 17.6. The summed E-state index contributed by atoms with van der Waals surface area (Å²) in [5, 5.41) is 9.05. The summed E-state index contributed by atoms with van der Waals surface area (Å²) in [7, 11) is 0. The maximum absolute atomic E-state index is 5.55. The average Bonchev–Trinajstić information content (AvgIpc) is 3.14. The second-order valence-corrected chi connectivity index (χ2v) is 6.17. The molecule has 7 heteroatoms. The summed E-state index contributed by atoms with van der Waals surface area (Å²) in [6.07, 6.45) is 0. The summed E-state index contributed by atoms with van der Waals surface area (Å²) in [5.41, 5.74) is 4.62. The van der Waals surface area contributed by atoms with Gasteiger partial charge in [-0.15, -0.1) is 5.48 Å². The fourth-order valence-electron chi connectivity index (χ4n) is 2.34. The minimum Gasteiger partial charge on any atom is -0.156 e. The Balaban J connectivity index is 1.60. The van der Waals surface area contributed by atoms with Crippen LogP contribution in [0.1, 0.15) is 0 Å². The Morgan fingerprint density at radius 3 is 2.12 bits per heavy atom. The van der Waals surface area contributed by atoms with Gasteiger partial charge in [0, 0.05) is 10.1 Å². The van der Waals surface area contributed by atoms with E-state index in [4.69, 9.17) is 4.28 Å². The van der Waals surface area contributed by atoms with Gasteiger partial charge in [0.25, 0.3) is 0 Å². The Morgan fingerprint density at radius 2 is 1.42 bits per heavy atom. The Labute approximate surface area is 155 Å². The third-order valence-electron chi connectivity index (χ3n) is 3.57. The Bertz CT molecular complexity index is 961. The number of hydrogen-bond acceptors (Lipinski definition) is 5. The van der Waals surface area contributed by atoms with E-state index in [1.54, 1.807) is 9.48 Å². The van der Waals surface area contributed by atoms with Gasteiger partial charge < -0.3 is 0 Å². The lowest BCUT2D eigenvalue weighted by atomic mass is 10.3. The highest BCUT2D eigenvalue weighted by Gasteiger charge is 2.21. The van der Waals surface area contributed by atoms with Gasteiger partial charge in [0.1, 0.15) is 11.4 Å². The number of rotatable bonds is 6. The zero-order valence-electron chi connectivity index (χ0n) is 13.8. The molecule has 0 aliphatic heterocycles. The molecule has 1 N–H and O–H groups in total. The first-order chi connectivity index (χ1) is 12.9. The van der Waals surface area contributed by atoms with E-state index in [1.807, 2.05) is 91.0 Å². The van der Waals surface area contributed by atoms with Crippen molar-refractivity contribution in [1.82, 2.24) is 15.1 Å². The van der Waals surface area contributed by atoms with Crippen molar-refractivity contribution in [2.45, 2.75) is 4.90 Å². The van der Waals surface area contributed by atoms with Crippen molar-refractivity contribution in [2.75, 3.05) is 5.48 Å². The largest absolute Gasteiger partial charge is 0.431 e. The molecule has 1 aromatic heterocycles. The van der Waals surface area contributed by atoms with Crippen LogP contribution in [0, 0.1) is 0 Å². The Kier molecular flexibility index (Phi) is 4.90. The zero-order valence-corrected chi connectivity index (χ0v) is 14.6. The van der Waals surface area contributed by atoms with Gasteiger partial charge in [0.05, 0.1) is 17.1 Å². The summed E-state index contributed by atoms with van der Waals surface area (Å²) in [5.74, 6) is 0.475. The molecule has 0 saturated heterocycles. The Hall–Kier alpha value is -3.16. The summed E-state index contributed by atoms with van der Waals surface area (Å²) < 4.78 is 7.24. The van der Waals surface area contributed by atoms with E-state index in [-0.39, 0.29) is 0 Å². The maximum Gasteiger partial charge on any atom is 0.431 e. The lowest BCUT2D eigenvalue weighted by Gasteiger charge is -2.00. The van der Waals surface area contributed by atoms with Crippen LogP contribution in [0.25, 0.3) is 11.4 Å². The van der Waals surface area contributed by atoms with Crippen LogP contribution in [0.15, 0.2) is 95.9 Å². The van der Waals surface area contributed by atoms with Gasteiger partial charge in [-0.2, -0.15) is 4.28 Å². The molecule has 0 unspecified atom stereocenters. The molecule has 0 fully saturated rings. The summed E-state index contributed by atoms with van der Waals surface area (Å²) in [6, 6.07) is 29.3. The van der Waals surface area contributed by atoms with E-state index in [0.29, 0.717) is 5.95 Å². The third-order valence-corrected chi connectivity index (χ3v) is 4.20. The minimum absolute atomic E-state index is 0.475. The van der Waals surface area contributed by atoms with Gasteiger partial charge in [-0.3, -0.25) is 0 Å². The molecule has 0 radical (unpaired) electrons. The van der Waals surface area contributed by atoms with E-state index in [9.17, 15) is 0 Å². The van der Waals surface area contributed by atoms with Crippen LogP contribution >= 0.6 is 12.0 Å². The van der Waals surface area contributed by atoms with E-state index in [2.05, 4.69) is 15.8 Å². The summed E-state index contributed by atoms with van der Waals surface area (Å²) >= 11 is 1.22. The smallest absolute Gasteiger partial charge is 0.156 e. The van der Waals surface area contributed by atoms with Crippen LogP contribution in [-0.4, -0.2) is 15.1 Å². The molecule has 0 aliphatic rings. The lowest BCUT2D eigenvalue weighted by molar-refractivity contribution is -0.648. The van der Waals surface area contributed by atoms with Crippen LogP contribution in [0.5, 0.6) is 0 Å². The van der Waals surface area contributed by atoms with Gasteiger partial charge in [0.2, 0.25) is 0 Å². The minimum atomic E-state index is 0.475. The van der Waals surface area contributed by atoms with Crippen LogP contribution in [0.2, 0.25) is 0 Å². The number of aromatic nitrogens is 4. The van der Waals surface area contributed by atoms with Crippen LogP contribution in [0.4, 0.5) is 5.95 Å². The highest BCUT2D eigenvalue weighted by molar-refractivity contribution is 7.94. The van der Waals surface area contributed by atoms with Gasteiger partial charge in [-0.25, -0.2) is 0 Å². The molecule has 6 nitrogen and oxygen atoms in total. The Morgan fingerprint density at radius 1 is 0.808 bits per heavy atom. The fourth-order valence-corrected chi connectivity index (χ4v) is 2.82. The quantitative estimate of drug-likeness (QED) is 0.323. The van der Waals surface area contributed by atoms with E-state index >= 15 is 0 Å². The number of para-hydroxylation sites is 2. The molecule has 4 aromatic rings. The maximum atomic E-state index is 5.55. The normalized spacial score (nSPS) is 10.6. The molecule has 3 aromatic carbocycles. The molecule has 26 heavy (non-hydrogen) atoms. The molecular formula is C19H16N5OS+. The van der Waals surface area contributed by atoms with Gasteiger partial charge in [0.15, 0.2) is 0 Å². The topological polar surface area (TPSA) is 55.9 Å². The third kappa shape index (κ3) is 3.74. The van der Waals surface area contributed by atoms with Crippen LogP contribution in [0.3, 0.4) is 0 Å². The molecule has 0 spiro atoms. The predicted octanol–water partition coefficient (Wildman–Crippen LogP) is 3.59. The average molecular weight is 362 g/mol. The van der Waals surface area contributed by atoms with Crippen LogP contribution in [-0.2, 0) is 4.28 Å².